The van der Waals surface area contributed by atoms with Gasteiger partial charge in [0.2, 0.25) is 0 Å². The van der Waals surface area contributed by atoms with E-state index in [-0.39, 0.29) is 0 Å². The van der Waals surface area contributed by atoms with Crippen LogP contribution in [0.3, 0.4) is 0 Å². The molecule has 0 amide bonds. The fraction of sp³-hybridized carbons (Fsp3) is 0. The van der Waals surface area contributed by atoms with Crippen LogP contribution in [0.4, 0.5) is 17.1 Å². The highest BCUT2D eigenvalue weighted by molar-refractivity contribution is 6.09. The molecule has 0 bridgehead atoms. The predicted molar refractivity (Wildman–Crippen MR) is 247 cm³/mol. The van der Waals surface area contributed by atoms with Crippen LogP contribution < -0.4 is 4.90 Å². The lowest BCUT2D eigenvalue weighted by molar-refractivity contribution is 1.17. The number of aromatic nitrogens is 1. The zero-order valence-electron chi connectivity index (χ0n) is 31.8. The zero-order chi connectivity index (χ0) is 38.4. The molecule has 0 aliphatic rings. The molecule has 0 N–H and O–H groups in total. The molecule has 2 nitrogen and oxygen atoms in total. The number of benzene rings is 10. The molecule has 0 unspecified atom stereocenters. The van der Waals surface area contributed by atoms with Gasteiger partial charge in [-0.15, -0.1) is 0 Å². The molecule has 272 valence electrons. The quantitative estimate of drug-likeness (QED) is 0.158. The second kappa shape index (κ2) is 14.1. The smallest absolute Gasteiger partial charge is 0.0541 e. The summed E-state index contributed by atoms with van der Waals surface area (Å²) < 4.78 is 2.38. The maximum Gasteiger partial charge on any atom is 0.0541 e. The van der Waals surface area contributed by atoms with Crippen molar-refractivity contribution in [2.75, 3.05) is 4.90 Å². The van der Waals surface area contributed by atoms with Crippen LogP contribution in [0.25, 0.3) is 82.4 Å². The van der Waals surface area contributed by atoms with E-state index in [0.29, 0.717) is 0 Å². The van der Waals surface area contributed by atoms with Gasteiger partial charge in [-0.1, -0.05) is 164 Å². The van der Waals surface area contributed by atoms with Gasteiger partial charge >= 0.3 is 0 Å². The van der Waals surface area contributed by atoms with Gasteiger partial charge < -0.3 is 9.47 Å². The number of anilines is 3. The van der Waals surface area contributed by atoms with E-state index in [4.69, 9.17) is 0 Å². The average molecular weight is 739 g/mol. The first-order chi connectivity index (χ1) is 28.8. The van der Waals surface area contributed by atoms with Gasteiger partial charge in [0.15, 0.2) is 0 Å². The van der Waals surface area contributed by atoms with Crippen molar-refractivity contribution in [1.29, 1.82) is 0 Å². The Morgan fingerprint density at radius 2 is 0.793 bits per heavy atom. The molecule has 11 rings (SSSR count). The lowest BCUT2D eigenvalue weighted by atomic mass is 9.91. The minimum Gasteiger partial charge on any atom is -0.310 e. The molecule has 10 aromatic carbocycles. The molecule has 1 aromatic heterocycles. The van der Waals surface area contributed by atoms with Gasteiger partial charge in [-0.3, -0.25) is 0 Å². The van der Waals surface area contributed by atoms with E-state index < -0.39 is 0 Å². The first-order valence-electron chi connectivity index (χ1n) is 19.9. The van der Waals surface area contributed by atoms with Crippen molar-refractivity contribution in [2.45, 2.75) is 0 Å². The van der Waals surface area contributed by atoms with Crippen molar-refractivity contribution >= 4 is 60.4 Å². The fourth-order valence-corrected chi connectivity index (χ4v) is 8.82. The SMILES string of the molecule is c1ccc(-c2cccc3cccc(-c4ccc(N(c5ccc(-n6c7ccccc7c7ccccc76)cc5)c5cccc(-c6ccc7ccccc7c6)c5)cc4)c23)cc1. The minimum absolute atomic E-state index is 1.09. The summed E-state index contributed by atoms with van der Waals surface area (Å²) in [5.41, 5.74) is 14.1. The number of fused-ring (bicyclic) bond motifs is 5. The standard InChI is InChI=1S/C56H38N2/c1-2-14-40(15-3-1)50-23-11-17-42-18-12-24-51(56(42)50)41-29-31-46(32-30-41)57(49-20-10-19-44(38-49)45-28-27-39-13-4-5-16-43(39)37-45)47-33-35-48(36-34-47)58-54-25-8-6-21-52(54)53-22-7-9-26-55(53)58/h1-38H. The Balaban J connectivity index is 1.04. The maximum atomic E-state index is 2.38. The summed E-state index contributed by atoms with van der Waals surface area (Å²) in [6, 6.07) is 83.7. The number of rotatable bonds is 7. The Morgan fingerprint density at radius 3 is 1.48 bits per heavy atom. The second-order valence-electron chi connectivity index (χ2n) is 15.0. The largest absolute Gasteiger partial charge is 0.310 e. The van der Waals surface area contributed by atoms with E-state index in [2.05, 4.69) is 240 Å². The van der Waals surface area contributed by atoms with Gasteiger partial charge in [-0.05, 0) is 122 Å². The molecule has 1 heterocycles. The third-order valence-corrected chi connectivity index (χ3v) is 11.6. The summed E-state index contributed by atoms with van der Waals surface area (Å²) in [5, 5.41) is 7.51. The molecule has 11 aromatic rings. The third kappa shape index (κ3) is 5.82. The average Bonchev–Trinajstić information content (AvgIpc) is 3.64. The predicted octanol–water partition coefficient (Wildman–Crippen LogP) is 15.6. The Morgan fingerprint density at radius 1 is 0.293 bits per heavy atom. The van der Waals surface area contributed by atoms with E-state index in [1.54, 1.807) is 0 Å². The maximum absolute atomic E-state index is 2.38. The molecule has 0 fully saturated rings. The number of nitrogens with zero attached hydrogens (tertiary/aromatic N) is 2. The normalized spacial score (nSPS) is 11.4. The van der Waals surface area contributed by atoms with Crippen molar-refractivity contribution in [1.82, 2.24) is 4.57 Å². The first-order valence-corrected chi connectivity index (χ1v) is 19.9. The Bertz CT molecular complexity index is 3210. The zero-order valence-corrected chi connectivity index (χ0v) is 31.8. The van der Waals surface area contributed by atoms with Gasteiger partial charge in [0, 0.05) is 33.5 Å². The molecule has 0 atom stereocenters. The van der Waals surface area contributed by atoms with Crippen molar-refractivity contribution in [3.63, 3.8) is 0 Å². The Hall–Kier alpha value is -7.68. The summed E-state index contributed by atoms with van der Waals surface area (Å²) in [6.07, 6.45) is 0. The number of hydrogen-bond acceptors (Lipinski definition) is 1. The minimum atomic E-state index is 1.09. The van der Waals surface area contributed by atoms with Crippen molar-refractivity contribution in [3.8, 4) is 39.1 Å². The Labute approximate surface area is 338 Å². The van der Waals surface area contributed by atoms with Gasteiger partial charge in [-0.25, -0.2) is 0 Å². The highest BCUT2D eigenvalue weighted by Gasteiger charge is 2.17. The lowest BCUT2D eigenvalue weighted by Gasteiger charge is -2.27. The lowest BCUT2D eigenvalue weighted by Crippen LogP contribution is -2.10. The van der Waals surface area contributed by atoms with E-state index in [0.717, 1.165) is 22.7 Å². The molecule has 58 heavy (non-hydrogen) atoms. The van der Waals surface area contributed by atoms with Crippen LogP contribution in [0.15, 0.2) is 231 Å². The van der Waals surface area contributed by atoms with Crippen LogP contribution >= 0.6 is 0 Å². The van der Waals surface area contributed by atoms with Crippen LogP contribution in [-0.2, 0) is 0 Å². The molecular formula is C56H38N2. The molecule has 0 radical (unpaired) electrons. The highest BCUT2D eigenvalue weighted by Crippen LogP contribution is 2.41. The summed E-state index contributed by atoms with van der Waals surface area (Å²) >= 11 is 0. The topological polar surface area (TPSA) is 8.17 Å². The molecule has 2 heteroatoms. The molecule has 0 aliphatic heterocycles. The second-order valence-corrected chi connectivity index (χ2v) is 15.0. The van der Waals surface area contributed by atoms with Crippen LogP contribution in [0.1, 0.15) is 0 Å². The van der Waals surface area contributed by atoms with Gasteiger partial charge in [0.05, 0.1) is 11.0 Å². The third-order valence-electron chi connectivity index (χ3n) is 11.6. The monoisotopic (exact) mass is 738 g/mol. The van der Waals surface area contributed by atoms with Crippen molar-refractivity contribution in [3.05, 3.63) is 231 Å². The van der Waals surface area contributed by atoms with Crippen LogP contribution in [0.5, 0.6) is 0 Å². The molecule has 0 saturated carbocycles. The van der Waals surface area contributed by atoms with Crippen LogP contribution in [0, 0.1) is 0 Å². The van der Waals surface area contributed by atoms with E-state index in [1.165, 1.54) is 76.7 Å². The van der Waals surface area contributed by atoms with E-state index in [1.807, 2.05) is 0 Å². The summed E-state index contributed by atoms with van der Waals surface area (Å²) in [4.78, 5) is 2.38. The molecule has 0 saturated heterocycles. The Kier molecular flexibility index (Phi) is 8.19. The highest BCUT2D eigenvalue weighted by atomic mass is 15.1. The van der Waals surface area contributed by atoms with Gasteiger partial charge in [0.25, 0.3) is 0 Å². The molecule has 0 spiro atoms. The molecule has 0 aliphatic carbocycles. The van der Waals surface area contributed by atoms with Crippen molar-refractivity contribution in [2.24, 2.45) is 0 Å². The van der Waals surface area contributed by atoms with Crippen LogP contribution in [0.2, 0.25) is 0 Å². The summed E-state index contributed by atoms with van der Waals surface area (Å²) in [6.45, 7) is 0. The number of para-hydroxylation sites is 2. The van der Waals surface area contributed by atoms with Crippen molar-refractivity contribution < 1.29 is 0 Å². The molecular weight excluding hydrogens is 701 g/mol. The summed E-state index contributed by atoms with van der Waals surface area (Å²) in [7, 11) is 0. The summed E-state index contributed by atoms with van der Waals surface area (Å²) in [5.74, 6) is 0. The van der Waals surface area contributed by atoms with E-state index >= 15 is 0 Å². The van der Waals surface area contributed by atoms with Crippen LogP contribution in [-0.4, -0.2) is 4.57 Å². The fourth-order valence-electron chi connectivity index (χ4n) is 8.82. The van der Waals surface area contributed by atoms with E-state index in [9.17, 15) is 0 Å². The first kappa shape index (κ1) is 33.6. The van der Waals surface area contributed by atoms with Gasteiger partial charge in [0.1, 0.15) is 0 Å². The van der Waals surface area contributed by atoms with Gasteiger partial charge in [-0.2, -0.15) is 0 Å². The number of hydrogen-bond donors (Lipinski definition) is 0.